The van der Waals surface area contributed by atoms with Crippen LogP contribution in [0.4, 0.5) is 0 Å². The van der Waals surface area contributed by atoms with Gasteiger partial charge in [0.1, 0.15) is 0 Å². The summed E-state index contributed by atoms with van der Waals surface area (Å²) in [5.74, 6) is 0.691. The first-order valence-electron chi connectivity index (χ1n) is 6.56. The van der Waals surface area contributed by atoms with E-state index >= 15 is 0 Å². The fraction of sp³-hybridized carbons (Fsp3) is 1.00. The van der Waals surface area contributed by atoms with E-state index in [1.165, 1.54) is 0 Å². The molecule has 0 aliphatic carbocycles. The Bertz CT molecular complexity index is 165. The van der Waals surface area contributed by atoms with Gasteiger partial charge in [-0.05, 0) is 38.0 Å². The molecule has 96 valence electrons. The van der Waals surface area contributed by atoms with Crippen molar-refractivity contribution in [2.75, 3.05) is 19.8 Å². The van der Waals surface area contributed by atoms with Crippen molar-refractivity contribution in [2.24, 2.45) is 5.92 Å². The minimum atomic E-state index is -0.262. The van der Waals surface area contributed by atoms with E-state index < -0.39 is 0 Å². The summed E-state index contributed by atoms with van der Waals surface area (Å²) >= 11 is 0. The van der Waals surface area contributed by atoms with E-state index in [4.69, 9.17) is 9.47 Å². The average molecular weight is 230 g/mol. The van der Waals surface area contributed by atoms with E-state index in [1.54, 1.807) is 0 Å². The highest BCUT2D eigenvalue weighted by Gasteiger charge is 2.19. The normalized spacial score (nSPS) is 22.9. The smallest absolute Gasteiger partial charge is 0.0600 e. The van der Waals surface area contributed by atoms with E-state index in [1.807, 2.05) is 0 Å². The maximum absolute atomic E-state index is 9.76. The fourth-order valence-electron chi connectivity index (χ4n) is 1.89. The molecule has 2 atom stereocenters. The Balaban J connectivity index is 1.91. The molecule has 3 heteroatoms. The molecule has 0 spiro atoms. The topological polar surface area (TPSA) is 38.7 Å². The molecule has 1 saturated heterocycles. The van der Waals surface area contributed by atoms with Crippen molar-refractivity contribution >= 4 is 0 Å². The van der Waals surface area contributed by atoms with Crippen LogP contribution in [0.2, 0.25) is 0 Å². The van der Waals surface area contributed by atoms with Crippen LogP contribution < -0.4 is 0 Å². The van der Waals surface area contributed by atoms with Crippen molar-refractivity contribution in [2.45, 2.75) is 58.2 Å². The summed E-state index contributed by atoms with van der Waals surface area (Å²) in [6.07, 6.45) is 4.87. The summed E-state index contributed by atoms with van der Waals surface area (Å²) in [5, 5.41) is 9.76. The fourth-order valence-corrected chi connectivity index (χ4v) is 1.89. The first kappa shape index (κ1) is 13.9. The summed E-state index contributed by atoms with van der Waals surface area (Å²) in [6.45, 7) is 6.72. The lowest BCUT2D eigenvalue weighted by molar-refractivity contribution is 0.0307. The second kappa shape index (κ2) is 8.04. The number of aliphatic hydroxyl groups is 1. The highest BCUT2D eigenvalue weighted by atomic mass is 16.5. The number of aliphatic hydroxyl groups excluding tert-OH is 1. The zero-order chi connectivity index (χ0) is 11.8. The molecule has 1 heterocycles. The van der Waals surface area contributed by atoms with Crippen LogP contribution in [-0.4, -0.2) is 37.1 Å². The van der Waals surface area contributed by atoms with Crippen molar-refractivity contribution < 1.29 is 14.6 Å². The van der Waals surface area contributed by atoms with Crippen LogP contribution in [0.5, 0.6) is 0 Å². The molecule has 1 N–H and O–H groups in total. The summed E-state index contributed by atoms with van der Waals surface area (Å²) in [4.78, 5) is 0. The maximum Gasteiger partial charge on any atom is 0.0600 e. The van der Waals surface area contributed by atoms with Gasteiger partial charge in [0.15, 0.2) is 0 Å². The van der Waals surface area contributed by atoms with Crippen LogP contribution >= 0.6 is 0 Å². The third kappa shape index (κ3) is 6.46. The molecule has 1 aliphatic rings. The van der Waals surface area contributed by atoms with Crippen molar-refractivity contribution in [3.05, 3.63) is 0 Å². The van der Waals surface area contributed by atoms with Crippen LogP contribution in [0.25, 0.3) is 0 Å². The molecule has 2 unspecified atom stereocenters. The SMILES string of the molecule is CC(C)CCOCCC(O)CC1CCCO1. The lowest BCUT2D eigenvalue weighted by atomic mass is 10.1. The number of rotatable bonds is 8. The summed E-state index contributed by atoms with van der Waals surface area (Å²) in [5.41, 5.74) is 0. The van der Waals surface area contributed by atoms with Gasteiger partial charge in [-0.15, -0.1) is 0 Å². The Morgan fingerprint density at radius 1 is 1.31 bits per heavy atom. The van der Waals surface area contributed by atoms with Gasteiger partial charge in [-0.1, -0.05) is 13.8 Å². The van der Waals surface area contributed by atoms with Crippen molar-refractivity contribution in [3.8, 4) is 0 Å². The molecule has 0 aromatic heterocycles. The van der Waals surface area contributed by atoms with Gasteiger partial charge in [0.25, 0.3) is 0 Å². The predicted octanol–water partition coefficient (Wildman–Crippen LogP) is 2.37. The van der Waals surface area contributed by atoms with Gasteiger partial charge >= 0.3 is 0 Å². The highest BCUT2D eigenvalue weighted by molar-refractivity contribution is 4.69. The molecule has 0 radical (unpaired) electrons. The van der Waals surface area contributed by atoms with E-state index in [9.17, 15) is 5.11 Å². The molecule has 0 aromatic rings. The molecule has 0 amide bonds. The Kier molecular flexibility index (Phi) is 7.01. The summed E-state index contributed by atoms with van der Waals surface area (Å²) in [6, 6.07) is 0. The van der Waals surface area contributed by atoms with Crippen molar-refractivity contribution in [1.29, 1.82) is 0 Å². The van der Waals surface area contributed by atoms with Crippen molar-refractivity contribution in [1.82, 2.24) is 0 Å². The first-order valence-corrected chi connectivity index (χ1v) is 6.56. The molecule has 0 bridgehead atoms. The third-order valence-electron chi connectivity index (χ3n) is 2.99. The van der Waals surface area contributed by atoms with Crippen LogP contribution in [-0.2, 0) is 9.47 Å². The lowest BCUT2D eigenvalue weighted by Crippen LogP contribution is -2.19. The van der Waals surface area contributed by atoms with Crippen LogP contribution in [0.15, 0.2) is 0 Å². The first-order chi connectivity index (χ1) is 7.68. The van der Waals surface area contributed by atoms with Crippen LogP contribution in [0, 0.1) is 5.92 Å². The van der Waals surface area contributed by atoms with E-state index in [2.05, 4.69) is 13.8 Å². The number of hydrogen-bond donors (Lipinski definition) is 1. The minimum absolute atomic E-state index is 0.262. The quantitative estimate of drug-likeness (QED) is 0.651. The van der Waals surface area contributed by atoms with Gasteiger partial charge in [-0.2, -0.15) is 0 Å². The molecule has 1 aliphatic heterocycles. The van der Waals surface area contributed by atoms with Crippen LogP contribution in [0.1, 0.15) is 46.0 Å². The molecule has 0 saturated carbocycles. The molecule has 1 rings (SSSR count). The van der Waals surface area contributed by atoms with Gasteiger partial charge in [0, 0.05) is 19.8 Å². The van der Waals surface area contributed by atoms with Crippen molar-refractivity contribution in [3.63, 3.8) is 0 Å². The number of ether oxygens (including phenoxy) is 2. The zero-order valence-corrected chi connectivity index (χ0v) is 10.7. The Hall–Kier alpha value is -0.120. The van der Waals surface area contributed by atoms with Gasteiger partial charge in [-0.3, -0.25) is 0 Å². The summed E-state index contributed by atoms with van der Waals surface area (Å²) < 4.78 is 11.0. The minimum Gasteiger partial charge on any atom is -0.393 e. The van der Waals surface area contributed by atoms with E-state index in [0.717, 1.165) is 45.3 Å². The second-order valence-corrected chi connectivity index (χ2v) is 5.11. The Labute approximate surface area is 99.1 Å². The molecular formula is C13H26O3. The zero-order valence-electron chi connectivity index (χ0n) is 10.7. The van der Waals surface area contributed by atoms with E-state index in [0.29, 0.717) is 12.5 Å². The number of hydrogen-bond acceptors (Lipinski definition) is 3. The molecular weight excluding hydrogens is 204 g/mol. The van der Waals surface area contributed by atoms with Gasteiger partial charge < -0.3 is 14.6 Å². The second-order valence-electron chi connectivity index (χ2n) is 5.11. The molecule has 0 aromatic carbocycles. The predicted molar refractivity (Wildman–Crippen MR) is 64.5 cm³/mol. The molecule has 1 fully saturated rings. The Morgan fingerprint density at radius 3 is 2.69 bits per heavy atom. The molecule has 3 nitrogen and oxygen atoms in total. The van der Waals surface area contributed by atoms with E-state index in [-0.39, 0.29) is 12.2 Å². The maximum atomic E-state index is 9.76. The third-order valence-corrected chi connectivity index (χ3v) is 2.99. The molecule has 16 heavy (non-hydrogen) atoms. The Morgan fingerprint density at radius 2 is 2.06 bits per heavy atom. The van der Waals surface area contributed by atoms with Gasteiger partial charge in [-0.25, -0.2) is 0 Å². The average Bonchev–Trinajstić information content (AvgIpc) is 2.69. The van der Waals surface area contributed by atoms with Gasteiger partial charge in [0.2, 0.25) is 0 Å². The van der Waals surface area contributed by atoms with Gasteiger partial charge in [0.05, 0.1) is 12.2 Å². The highest BCUT2D eigenvalue weighted by Crippen LogP contribution is 2.18. The summed E-state index contributed by atoms with van der Waals surface area (Å²) in [7, 11) is 0. The standard InChI is InChI=1S/C13H26O3/c1-11(2)5-8-15-9-6-12(14)10-13-4-3-7-16-13/h11-14H,3-10H2,1-2H3. The van der Waals surface area contributed by atoms with Crippen LogP contribution in [0.3, 0.4) is 0 Å². The lowest BCUT2D eigenvalue weighted by Gasteiger charge is -2.15. The monoisotopic (exact) mass is 230 g/mol. The largest absolute Gasteiger partial charge is 0.393 e.